The van der Waals surface area contributed by atoms with Crippen molar-refractivity contribution >= 4 is 11.6 Å². The van der Waals surface area contributed by atoms with Crippen molar-refractivity contribution in [1.29, 1.82) is 0 Å². The van der Waals surface area contributed by atoms with Crippen LogP contribution in [0.5, 0.6) is 0 Å². The van der Waals surface area contributed by atoms with Crippen LogP contribution in [0, 0.1) is 0 Å². The zero-order chi connectivity index (χ0) is 8.27. The molecule has 3 heteroatoms. The molecule has 1 N–H and O–H groups in total. The Morgan fingerprint density at radius 3 is 2.91 bits per heavy atom. The summed E-state index contributed by atoms with van der Waals surface area (Å²) in [4.78, 5) is 0. The van der Waals surface area contributed by atoms with E-state index in [4.69, 9.17) is 11.6 Å². The smallest absolute Gasteiger partial charge is 0.114 e. The highest BCUT2D eigenvalue weighted by molar-refractivity contribution is 6.19. The van der Waals surface area contributed by atoms with E-state index in [1.807, 2.05) is 0 Å². The quantitative estimate of drug-likeness (QED) is 0.513. The minimum absolute atomic E-state index is 0.260. The Morgan fingerprint density at radius 1 is 1.73 bits per heavy atom. The lowest BCUT2D eigenvalue weighted by Crippen LogP contribution is -2.21. The summed E-state index contributed by atoms with van der Waals surface area (Å²) in [5.41, 5.74) is 0.985. The van der Waals surface area contributed by atoms with E-state index in [0.29, 0.717) is 18.8 Å². The molecule has 0 saturated carbocycles. The summed E-state index contributed by atoms with van der Waals surface area (Å²) in [6, 6.07) is 0.260. The third-order valence-electron chi connectivity index (χ3n) is 1.89. The van der Waals surface area contributed by atoms with Crippen molar-refractivity contribution < 1.29 is 4.39 Å². The number of rotatable bonds is 3. The van der Waals surface area contributed by atoms with Crippen LogP contribution in [0.15, 0.2) is 12.2 Å². The molecule has 0 bridgehead atoms. The van der Waals surface area contributed by atoms with Crippen molar-refractivity contribution in [2.75, 3.05) is 12.4 Å². The molecule has 1 fully saturated rings. The first-order chi connectivity index (χ1) is 5.22. The zero-order valence-electron chi connectivity index (χ0n) is 6.45. The van der Waals surface area contributed by atoms with Gasteiger partial charge in [-0.15, -0.1) is 11.6 Å². The number of alkyl halides is 2. The van der Waals surface area contributed by atoms with Crippen molar-refractivity contribution in [1.82, 2.24) is 5.32 Å². The van der Waals surface area contributed by atoms with Crippen LogP contribution in [0.2, 0.25) is 0 Å². The molecule has 0 radical (unpaired) electrons. The molecule has 1 aliphatic rings. The van der Waals surface area contributed by atoms with Crippen LogP contribution in [0.25, 0.3) is 0 Å². The number of hydrogen-bond donors (Lipinski definition) is 1. The van der Waals surface area contributed by atoms with Crippen LogP contribution < -0.4 is 5.32 Å². The molecule has 1 heterocycles. The maximum absolute atomic E-state index is 12.6. The molecule has 0 aromatic heterocycles. The molecule has 1 unspecified atom stereocenters. The lowest BCUT2D eigenvalue weighted by atomic mass is 10.1. The summed E-state index contributed by atoms with van der Waals surface area (Å²) >= 11 is 5.55. The van der Waals surface area contributed by atoms with Crippen LogP contribution in [0.4, 0.5) is 4.39 Å². The SMILES string of the molecule is C=C(CCl)CC1C[C@@H](F)CN1. The second-order valence-corrected chi connectivity index (χ2v) is 3.29. The van der Waals surface area contributed by atoms with E-state index < -0.39 is 6.17 Å². The molecule has 1 saturated heterocycles. The predicted octanol–water partition coefficient (Wildman–Crippen LogP) is 1.87. The molecule has 64 valence electrons. The van der Waals surface area contributed by atoms with E-state index in [1.165, 1.54) is 0 Å². The van der Waals surface area contributed by atoms with Crippen molar-refractivity contribution in [3.8, 4) is 0 Å². The molecule has 0 aliphatic carbocycles. The van der Waals surface area contributed by atoms with E-state index in [-0.39, 0.29) is 6.04 Å². The monoisotopic (exact) mass is 177 g/mol. The van der Waals surface area contributed by atoms with Gasteiger partial charge in [-0.25, -0.2) is 4.39 Å². The lowest BCUT2D eigenvalue weighted by molar-refractivity contribution is 0.355. The van der Waals surface area contributed by atoms with Gasteiger partial charge in [-0.3, -0.25) is 0 Å². The standard InChI is InChI=1S/C8H13ClFN/c1-6(4-9)2-8-3-7(10)5-11-8/h7-8,11H,1-5H2/t7-,8?/m1/s1. The largest absolute Gasteiger partial charge is 0.311 e. The van der Waals surface area contributed by atoms with Crippen LogP contribution in [0.3, 0.4) is 0 Å². The number of nitrogens with one attached hydrogen (secondary N) is 1. The van der Waals surface area contributed by atoms with Crippen molar-refractivity contribution in [2.45, 2.75) is 25.1 Å². The average Bonchev–Trinajstić information content (AvgIpc) is 2.35. The van der Waals surface area contributed by atoms with Gasteiger partial charge < -0.3 is 5.32 Å². The molecule has 11 heavy (non-hydrogen) atoms. The van der Waals surface area contributed by atoms with Gasteiger partial charge in [-0.2, -0.15) is 0 Å². The normalized spacial score (nSPS) is 30.7. The minimum Gasteiger partial charge on any atom is -0.311 e. The van der Waals surface area contributed by atoms with Gasteiger partial charge in [0.2, 0.25) is 0 Å². The Bertz CT molecular complexity index is 149. The Kier molecular flexibility index (Phi) is 3.34. The molecule has 1 aliphatic heterocycles. The van der Waals surface area contributed by atoms with Crippen LogP contribution >= 0.6 is 11.6 Å². The molecule has 1 nitrogen and oxygen atoms in total. The summed E-state index contributed by atoms with van der Waals surface area (Å²) < 4.78 is 12.6. The maximum Gasteiger partial charge on any atom is 0.114 e. The zero-order valence-corrected chi connectivity index (χ0v) is 7.20. The summed E-state index contributed by atoms with van der Waals surface area (Å²) in [5.74, 6) is 0.481. The average molecular weight is 178 g/mol. The number of hydrogen-bond acceptors (Lipinski definition) is 1. The Morgan fingerprint density at radius 2 is 2.45 bits per heavy atom. The second-order valence-electron chi connectivity index (χ2n) is 3.03. The van der Waals surface area contributed by atoms with Gasteiger partial charge in [-0.05, 0) is 12.8 Å². The summed E-state index contributed by atoms with van der Waals surface area (Å²) in [7, 11) is 0. The van der Waals surface area contributed by atoms with E-state index in [9.17, 15) is 4.39 Å². The highest BCUT2D eigenvalue weighted by Gasteiger charge is 2.23. The van der Waals surface area contributed by atoms with Gasteiger partial charge >= 0.3 is 0 Å². The first kappa shape index (κ1) is 9.01. The van der Waals surface area contributed by atoms with Crippen molar-refractivity contribution in [3.63, 3.8) is 0 Å². The minimum atomic E-state index is -0.678. The van der Waals surface area contributed by atoms with E-state index in [2.05, 4.69) is 11.9 Å². The molecule has 0 amide bonds. The number of halogens is 2. The van der Waals surface area contributed by atoms with Crippen LogP contribution in [-0.4, -0.2) is 24.6 Å². The van der Waals surface area contributed by atoms with Gasteiger partial charge in [-0.1, -0.05) is 12.2 Å². The Balaban J connectivity index is 2.23. The highest BCUT2D eigenvalue weighted by atomic mass is 35.5. The van der Waals surface area contributed by atoms with Gasteiger partial charge in [0.15, 0.2) is 0 Å². The first-order valence-corrected chi connectivity index (χ1v) is 4.36. The molecule has 0 aromatic rings. The maximum atomic E-state index is 12.6. The third-order valence-corrected chi connectivity index (χ3v) is 2.27. The van der Waals surface area contributed by atoms with Crippen LogP contribution in [-0.2, 0) is 0 Å². The molecule has 1 rings (SSSR count). The summed E-state index contributed by atoms with van der Waals surface area (Å²) in [5, 5.41) is 3.08. The highest BCUT2D eigenvalue weighted by Crippen LogP contribution is 2.16. The fourth-order valence-electron chi connectivity index (χ4n) is 1.33. The predicted molar refractivity (Wildman–Crippen MR) is 45.8 cm³/mol. The van der Waals surface area contributed by atoms with Crippen LogP contribution in [0.1, 0.15) is 12.8 Å². The van der Waals surface area contributed by atoms with Gasteiger partial charge in [0.05, 0.1) is 0 Å². The second kappa shape index (κ2) is 4.07. The van der Waals surface area contributed by atoms with E-state index in [1.54, 1.807) is 0 Å². The van der Waals surface area contributed by atoms with Gasteiger partial charge in [0.1, 0.15) is 6.17 Å². The fourth-order valence-corrected chi connectivity index (χ4v) is 1.44. The van der Waals surface area contributed by atoms with Crippen molar-refractivity contribution in [3.05, 3.63) is 12.2 Å². The molecule has 2 atom stereocenters. The molecule has 0 aromatic carbocycles. The molecular weight excluding hydrogens is 165 g/mol. The summed E-state index contributed by atoms with van der Waals surface area (Å²) in [6.45, 7) is 4.25. The van der Waals surface area contributed by atoms with Gasteiger partial charge in [0.25, 0.3) is 0 Å². The van der Waals surface area contributed by atoms with Crippen molar-refractivity contribution in [2.24, 2.45) is 0 Å². The fraction of sp³-hybridized carbons (Fsp3) is 0.750. The third kappa shape index (κ3) is 2.80. The molecular formula is C8H13ClFN. The lowest BCUT2D eigenvalue weighted by Gasteiger charge is -2.09. The van der Waals surface area contributed by atoms with E-state index >= 15 is 0 Å². The van der Waals surface area contributed by atoms with E-state index in [0.717, 1.165) is 12.0 Å². The van der Waals surface area contributed by atoms with Gasteiger partial charge in [0, 0.05) is 18.5 Å². The molecule has 0 spiro atoms. The Hall–Kier alpha value is -0.0800. The topological polar surface area (TPSA) is 12.0 Å². The Labute approximate surface area is 71.6 Å². The first-order valence-electron chi connectivity index (χ1n) is 3.82. The summed E-state index contributed by atoms with van der Waals surface area (Å²) in [6.07, 6.45) is 0.739.